The lowest BCUT2D eigenvalue weighted by molar-refractivity contribution is -0.386. The van der Waals surface area contributed by atoms with Crippen LogP contribution in [0.1, 0.15) is 0 Å². The molecule has 0 saturated carbocycles. The SMILES string of the molecule is C=CC(=O)Nc1[c]nc(OC)c([N+](=O)[O-])c1. The van der Waals surface area contributed by atoms with Crippen LogP contribution in [0.4, 0.5) is 11.4 Å². The zero-order valence-electron chi connectivity index (χ0n) is 8.39. The van der Waals surface area contributed by atoms with Gasteiger partial charge in [0, 0.05) is 6.07 Å². The number of carbonyl (C=O) groups excluding carboxylic acids is 1. The van der Waals surface area contributed by atoms with Crippen LogP contribution in [0.25, 0.3) is 0 Å². The average molecular weight is 222 g/mol. The molecule has 1 aromatic rings. The quantitative estimate of drug-likeness (QED) is 0.464. The number of hydrogen-bond acceptors (Lipinski definition) is 5. The third kappa shape index (κ3) is 2.53. The molecule has 1 N–H and O–H groups in total. The van der Waals surface area contributed by atoms with Gasteiger partial charge in [0.2, 0.25) is 5.91 Å². The van der Waals surface area contributed by atoms with Crippen LogP contribution in [0.15, 0.2) is 18.7 Å². The van der Waals surface area contributed by atoms with Crippen molar-refractivity contribution in [3.05, 3.63) is 35.0 Å². The topological polar surface area (TPSA) is 94.4 Å². The molecule has 0 aliphatic heterocycles. The third-order valence-electron chi connectivity index (χ3n) is 1.61. The third-order valence-corrected chi connectivity index (χ3v) is 1.61. The lowest BCUT2D eigenvalue weighted by atomic mass is 10.3. The fraction of sp³-hybridized carbons (Fsp3) is 0.111. The van der Waals surface area contributed by atoms with Crippen LogP contribution in [0, 0.1) is 16.3 Å². The molecule has 0 bridgehead atoms. The van der Waals surface area contributed by atoms with Crippen LogP contribution < -0.4 is 10.1 Å². The Bertz CT molecular complexity index is 444. The highest BCUT2D eigenvalue weighted by atomic mass is 16.6. The van der Waals surface area contributed by atoms with Gasteiger partial charge in [0.1, 0.15) is 6.20 Å². The molecule has 7 nitrogen and oxygen atoms in total. The van der Waals surface area contributed by atoms with Crippen molar-refractivity contribution < 1.29 is 14.5 Å². The van der Waals surface area contributed by atoms with E-state index in [-0.39, 0.29) is 17.3 Å². The fourth-order valence-corrected chi connectivity index (χ4v) is 0.928. The highest BCUT2D eigenvalue weighted by Gasteiger charge is 2.17. The van der Waals surface area contributed by atoms with Crippen molar-refractivity contribution >= 4 is 17.3 Å². The van der Waals surface area contributed by atoms with E-state index in [1.807, 2.05) is 0 Å². The van der Waals surface area contributed by atoms with Crippen molar-refractivity contribution in [2.45, 2.75) is 0 Å². The number of ether oxygens (including phenoxy) is 1. The minimum absolute atomic E-state index is 0.0809. The Morgan fingerprint density at radius 1 is 1.81 bits per heavy atom. The molecule has 1 radical (unpaired) electrons. The van der Waals surface area contributed by atoms with Gasteiger partial charge < -0.3 is 10.1 Å². The van der Waals surface area contributed by atoms with E-state index in [4.69, 9.17) is 0 Å². The number of nitrogens with zero attached hydrogens (tertiary/aromatic N) is 2. The lowest BCUT2D eigenvalue weighted by Crippen LogP contribution is -2.08. The van der Waals surface area contributed by atoms with Crippen LogP contribution in [-0.2, 0) is 4.79 Å². The Morgan fingerprint density at radius 3 is 3.00 bits per heavy atom. The predicted octanol–water partition coefficient (Wildman–Crippen LogP) is 0.923. The van der Waals surface area contributed by atoms with Gasteiger partial charge >= 0.3 is 5.69 Å². The van der Waals surface area contributed by atoms with Crippen molar-refractivity contribution in [3.8, 4) is 5.88 Å². The molecule has 0 saturated heterocycles. The first-order chi connectivity index (χ1) is 7.58. The van der Waals surface area contributed by atoms with E-state index < -0.39 is 10.8 Å². The number of rotatable bonds is 4. The highest BCUT2D eigenvalue weighted by Crippen LogP contribution is 2.26. The summed E-state index contributed by atoms with van der Waals surface area (Å²) < 4.78 is 4.68. The Labute approximate surface area is 90.9 Å². The zero-order valence-corrected chi connectivity index (χ0v) is 8.39. The summed E-state index contributed by atoms with van der Waals surface area (Å²) in [6.45, 7) is 3.24. The standard InChI is InChI=1S/C9H8N3O4/c1-3-8(13)11-6-4-7(12(14)15)9(16-2)10-5-6/h3-4H,1H2,2H3,(H,11,13). The Morgan fingerprint density at radius 2 is 2.50 bits per heavy atom. The monoisotopic (exact) mass is 222 g/mol. The molecule has 1 aromatic heterocycles. The number of carbonyl (C=O) groups is 1. The van der Waals surface area contributed by atoms with Crippen molar-refractivity contribution in [2.24, 2.45) is 0 Å². The normalized spacial score (nSPS) is 9.31. The maximum atomic E-state index is 10.9. The molecule has 0 fully saturated rings. The number of nitrogens with one attached hydrogen (secondary N) is 1. The van der Waals surface area contributed by atoms with Crippen LogP contribution in [-0.4, -0.2) is 22.9 Å². The molecular weight excluding hydrogens is 214 g/mol. The molecule has 1 heterocycles. The van der Waals surface area contributed by atoms with Crippen molar-refractivity contribution in [3.63, 3.8) is 0 Å². The lowest BCUT2D eigenvalue weighted by Gasteiger charge is -2.03. The summed E-state index contributed by atoms with van der Waals surface area (Å²) in [7, 11) is 1.26. The maximum absolute atomic E-state index is 10.9. The van der Waals surface area contributed by atoms with E-state index in [1.165, 1.54) is 7.11 Å². The van der Waals surface area contributed by atoms with Gasteiger partial charge in [0.05, 0.1) is 17.7 Å². The minimum atomic E-state index is -0.663. The molecule has 0 spiro atoms. The molecular formula is C9H8N3O4. The van der Waals surface area contributed by atoms with Crippen molar-refractivity contribution in [2.75, 3.05) is 12.4 Å². The van der Waals surface area contributed by atoms with Gasteiger partial charge in [-0.15, -0.1) is 0 Å². The van der Waals surface area contributed by atoms with Crippen LogP contribution in [0.5, 0.6) is 5.88 Å². The summed E-state index contributed by atoms with van der Waals surface area (Å²) in [4.78, 5) is 24.5. The number of amides is 1. The van der Waals surface area contributed by atoms with E-state index >= 15 is 0 Å². The second kappa shape index (κ2) is 4.87. The molecule has 1 amide bonds. The van der Waals surface area contributed by atoms with Gasteiger partial charge in [0.25, 0.3) is 5.88 Å². The smallest absolute Gasteiger partial charge is 0.333 e. The number of pyridine rings is 1. The van der Waals surface area contributed by atoms with Crippen molar-refractivity contribution in [1.29, 1.82) is 0 Å². The van der Waals surface area contributed by atoms with Crippen LogP contribution in [0.2, 0.25) is 0 Å². The first-order valence-electron chi connectivity index (χ1n) is 4.13. The summed E-state index contributed by atoms with van der Waals surface area (Å²) in [6.07, 6.45) is 3.42. The Kier molecular flexibility index (Phi) is 3.54. The molecule has 0 aromatic carbocycles. The minimum Gasteiger partial charge on any atom is -0.476 e. The molecule has 7 heteroatoms. The van der Waals surface area contributed by atoms with E-state index in [2.05, 4.69) is 27.8 Å². The zero-order chi connectivity index (χ0) is 12.1. The number of aromatic nitrogens is 1. The van der Waals surface area contributed by atoms with Gasteiger partial charge in [-0.05, 0) is 6.08 Å². The summed E-state index contributed by atoms with van der Waals surface area (Å²) >= 11 is 0. The summed E-state index contributed by atoms with van der Waals surface area (Å²) in [6, 6.07) is 1.10. The number of methoxy groups -OCH3 is 1. The van der Waals surface area contributed by atoms with E-state index in [0.29, 0.717) is 0 Å². The van der Waals surface area contributed by atoms with E-state index in [9.17, 15) is 14.9 Å². The number of nitro groups is 1. The summed E-state index contributed by atoms with van der Waals surface area (Å²) in [5.74, 6) is -0.667. The molecule has 0 aliphatic rings. The second-order valence-electron chi connectivity index (χ2n) is 2.63. The molecule has 0 unspecified atom stereocenters. The molecule has 1 rings (SSSR count). The van der Waals surface area contributed by atoms with Crippen LogP contribution in [0.3, 0.4) is 0 Å². The number of anilines is 1. The summed E-state index contributed by atoms with van der Waals surface area (Å²) in [5.41, 5.74) is -0.266. The van der Waals surface area contributed by atoms with Crippen molar-refractivity contribution in [1.82, 2.24) is 4.98 Å². The predicted molar refractivity (Wildman–Crippen MR) is 55.1 cm³/mol. The largest absolute Gasteiger partial charge is 0.476 e. The molecule has 0 atom stereocenters. The summed E-state index contributed by atoms with van der Waals surface area (Å²) in [5, 5.41) is 12.9. The van der Waals surface area contributed by atoms with E-state index in [1.54, 1.807) is 0 Å². The van der Waals surface area contributed by atoms with Gasteiger partial charge in [-0.3, -0.25) is 14.9 Å². The highest BCUT2D eigenvalue weighted by molar-refractivity contribution is 5.98. The van der Waals surface area contributed by atoms with Crippen LogP contribution >= 0.6 is 0 Å². The second-order valence-corrected chi connectivity index (χ2v) is 2.63. The maximum Gasteiger partial charge on any atom is 0.333 e. The Hall–Kier alpha value is -2.44. The van der Waals surface area contributed by atoms with E-state index in [0.717, 1.165) is 12.1 Å². The van der Waals surface area contributed by atoms with Gasteiger partial charge in [-0.1, -0.05) is 6.58 Å². The molecule has 83 valence electrons. The molecule has 16 heavy (non-hydrogen) atoms. The molecule has 0 aliphatic carbocycles. The first kappa shape index (κ1) is 11.6. The average Bonchev–Trinajstić information content (AvgIpc) is 2.28. The number of hydrogen-bond donors (Lipinski definition) is 1. The Balaban J connectivity index is 3.06. The van der Waals surface area contributed by atoms with Gasteiger partial charge in [-0.25, -0.2) is 4.98 Å². The fourth-order valence-electron chi connectivity index (χ4n) is 0.928. The van der Waals surface area contributed by atoms with Gasteiger partial charge in [0.15, 0.2) is 0 Å². The first-order valence-corrected chi connectivity index (χ1v) is 4.13. The van der Waals surface area contributed by atoms with Gasteiger partial charge in [-0.2, -0.15) is 0 Å².